The Labute approximate surface area is 254 Å². The summed E-state index contributed by atoms with van der Waals surface area (Å²) in [5.74, 6) is 0.221. The van der Waals surface area contributed by atoms with Gasteiger partial charge in [-0.05, 0) is 91.9 Å². The molecule has 9 nitrogen and oxygen atoms in total. The van der Waals surface area contributed by atoms with E-state index in [1.54, 1.807) is 0 Å². The molecule has 1 fully saturated rings. The number of likely N-dealkylation sites (tertiary alicyclic amines) is 1. The predicted molar refractivity (Wildman–Crippen MR) is 166 cm³/mol. The molecule has 242 valence electrons. The molecule has 1 aliphatic carbocycles. The van der Waals surface area contributed by atoms with Crippen molar-refractivity contribution in [2.45, 2.75) is 143 Å². The second-order valence-corrected chi connectivity index (χ2v) is 13.4. The lowest BCUT2D eigenvalue weighted by atomic mass is 9.88. The van der Waals surface area contributed by atoms with Gasteiger partial charge in [0, 0.05) is 44.6 Å². The predicted octanol–water partition coefficient (Wildman–Crippen LogP) is 5.91. The molecule has 3 amide bonds. The van der Waals surface area contributed by atoms with Gasteiger partial charge in [-0.1, -0.05) is 32.4 Å². The lowest BCUT2D eigenvalue weighted by Crippen LogP contribution is -2.39. The van der Waals surface area contributed by atoms with Gasteiger partial charge < -0.3 is 29.7 Å². The van der Waals surface area contributed by atoms with Gasteiger partial charge in [-0.15, -0.1) is 0 Å². The fourth-order valence-corrected chi connectivity index (χ4v) is 5.30. The van der Waals surface area contributed by atoms with Gasteiger partial charge in [-0.2, -0.15) is 0 Å². The van der Waals surface area contributed by atoms with Crippen molar-refractivity contribution in [3.05, 3.63) is 12.2 Å². The highest BCUT2D eigenvalue weighted by atomic mass is 16.6. The third-order valence-electron chi connectivity index (χ3n) is 8.14. The standard InChI is InChI=1S/C33H59N3O6/c1-26(2)41-28-18-23-36(25-28)29(37)17-13-10-14-21-34-30(38)32(3,4)20-24-40-33(5,6)19-22-35-31(39)42-27-15-11-8-7-9-12-16-27/h7-8,26-28H,9-25H2,1-6H3,(H,34,38)(H,35,39)/b8-7+/t27?,28-/m0/s1. The summed E-state index contributed by atoms with van der Waals surface area (Å²) in [5.41, 5.74) is -0.981. The summed E-state index contributed by atoms with van der Waals surface area (Å²) in [7, 11) is 0. The third kappa shape index (κ3) is 14.9. The molecule has 42 heavy (non-hydrogen) atoms. The van der Waals surface area contributed by atoms with E-state index in [0.29, 0.717) is 45.5 Å². The summed E-state index contributed by atoms with van der Waals surface area (Å²) < 4.78 is 17.5. The molecule has 0 bridgehead atoms. The van der Waals surface area contributed by atoms with E-state index in [4.69, 9.17) is 14.2 Å². The van der Waals surface area contributed by atoms with Crippen LogP contribution in [-0.2, 0) is 23.8 Å². The summed E-state index contributed by atoms with van der Waals surface area (Å²) >= 11 is 0. The smallest absolute Gasteiger partial charge is 0.407 e. The minimum Gasteiger partial charge on any atom is -0.446 e. The summed E-state index contributed by atoms with van der Waals surface area (Å²) in [6.07, 6.45) is 14.5. The normalized spacial score (nSPS) is 20.6. The zero-order valence-corrected chi connectivity index (χ0v) is 27.3. The lowest BCUT2D eigenvalue weighted by Gasteiger charge is -2.29. The molecule has 9 heteroatoms. The molecule has 2 N–H and O–H groups in total. The number of alkyl carbamates (subject to hydrolysis) is 1. The first-order valence-corrected chi connectivity index (χ1v) is 16.3. The molecule has 2 aliphatic rings. The van der Waals surface area contributed by atoms with E-state index in [-0.39, 0.29) is 36.2 Å². The van der Waals surface area contributed by atoms with E-state index in [0.717, 1.165) is 64.3 Å². The molecule has 1 aliphatic heterocycles. The summed E-state index contributed by atoms with van der Waals surface area (Å²) in [5, 5.41) is 5.92. The van der Waals surface area contributed by atoms with E-state index in [2.05, 4.69) is 22.8 Å². The molecule has 1 heterocycles. The Morgan fingerprint density at radius 1 is 0.905 bits per heavy atom. The summed E-state index contributed by atoms with van der Waals surface area (Å²) in [6.45, 7) is 14.9. The van der Waals surface area contributed by atoms with Crippen LogP contribution in [0.3, 0.4) is 0 Å². The van der Waals surface area contributed by atoms with Crippen LogP contribution in [0.4, 0.5) is 4.79 Å². The van der Waals surface area contributed by atoms with Gasteiger partial charge in [-0.25, -0.2) is 4.79 Å². The zero-order chi connectivity index (χ0) is 31.0. The average Bonchev–Trinajstić information content (AvgIpc) is 3.35. The van der Waals surface area contributed by atoms with Crippen LogP contribution < -0.4 is 10.6 Å². The van der Waals surface area contributed by atoms with Gasteiger partial charge in [0.05, 0.1) is 17.8 Å². The number of allylic oxidation sites excluding steroid dienone is 2. The molecular weight excluding hydrogens is 534 g/mol. The Hall–Kier alpha value is -2.13. The number of hydrogen-bond acceptors (Lipinski definition) is 6. The van der Waals surface area contributed by atoms with E-state index in [9.17, 15) is 14.4 Å². The molecule has 0 aromatic carbocycles. The van der Waals surface area contributed by atoms with Gasteiger partial charge >= 0.3 is 6.09 Å². The number of rotatable bonds is 17. The Kier molecular flexibility index (Phi) is 15.9. The van der Waals surface area contributed by atoms with Crippen LogP contribution in [0.2, 0.25) is 0 Å². The first-order chi connectivity index (χ1) is 19.9. The molecule has 0 aromatic rings. The summed E-state index contributed by atoms with van der Waals surface area (Å²) in [4.78, 5) is 39.4. The first-order valence-electron chi connectivity index (χ1n) is 16.3. The Bertz CT molecular complexity index is 857. The molecule has 2 atom stereocenters. The maximum absolute atomic E-state index is 12.8. The van der Waals surface area contributed by atoms with Crippen LogP contribution in [0.15, 0.2) is 12.2 Å². The van der Waals surface area contributed by atoms with Crippen molar-refractivity contribution in [3.8, 4) is 0 Å². The highest BCUT2D eigenvalue weighted by molar-refractivity contribution is 5.81. The SMILES string of the molecule is CC(C)O[C@H]1CCN(C(=O)CCCCCNC(=O)C(C)(C)CCOC(C)(C)CCNC(=O)OC2CC/C=C/CCC2)C1. The zero-order valence-electron chi connectivity index (χ0n) is 27.3. The van der Waals surface area contributed by atoms with Crippen molar-refractivity contribution < 1.29 is 28.6 Å². The largest absolute Gasteiger partial charge is 0.446 e. The third-order valence-corrected chi connectivity index (χ3v) is 8.14. The van der Waals surface area contributed by atoms with E-state index in [1.165, 1.54) is 0 Å². The van der Waals surface area contributed by atoms with Crippen molar-refractivity contribution >= 4 is 17.9 Å². The number of hydrogen-bond donors (Lipinski definition) is 2. The lowest BCUT2D eigenvalue weighted by molar-refractivity contribution is -0.132. The second kappa shape index (κ2) is 18.5. The number of carbonyl (C=O) groups excluding carboxylic acids is 3. The number of unbranched alkanes of at least 4 members (excludes halogenated alkanes) is 2. The van der Waals surface area contributed by atoms with Crippen molar-refractivity contribution in [1.29, 1.82) is 0 Å². The molecular formula is C33H59N3O6. The molecule has 0 saturated carbocycles. The molecule has 2 rings (SSSR count). The van der Waals surface area contributed by atoms with Gasteiger partial charge in [-0.3, -0.25) is 9.59 Å². The van der Waals surface area contributed by atoms with Crippen molar-refractivity contribution in [2.24, 2.45) is 5.41 Å². The van der Waals surface area contributed by atoms with Gasteiger partial charge in [0.25, 0.3) is 0 Å². The van der Waals surface area contributed by atoms with Crippen LogP contribution in [0.1, 0.15) is 119 Å². The molecule has 1 unspecified atom stereocenters. The van der Waals surface area contributed by atoms with E-state index < -0.39 is 11.0 Å². The van der Waals surface area contributed by atoms with Gasteiger partial charge in [0.2, 0.25) is 11.8 Å². The van der Waals surface area contributed by atoms with Crippen LogP contribution >= 0.6 is 0 Å². The molecule has 1 saturated heterocycles. The van der Waals surface area contributed by atoms with Crippen LogP contribution in [0, 0.1) is 5.41 Å². The Morgan fingerprint density at radius 2 is 1.67 bits per heavy atom. The van der Waals surface area contributed by atoms with Crippen molar-refractivity contribution in [3.63, 3.8) is 0 Å². The van der Waals surface area contributed by atoms with E-state index in [1.807, 2.05) is 46.4 Å². The quantitative estimate of drug-likeness (QED) is 0.161. The van der Waals surface area contributed by atoms with Crippen molar-refractivity contribution in [2.75, 3.05) is 32.8 Å². The monoisotopic (exact) mass is 593 g/mol. The van der Waals surface area contributed by atoms with Crippen LogP contribution in [-0.4, -0.2) is 79.5 Å². The van der Waals surface area contributed by atoms with Gasteiger partial charge in [0.15, 0.2) is 0 Å². The highest BCUT2D eigenvalue weighted by Gasteiger charge is 2.29. The van der Waals surface area contributed by atoms with E-state index >= 15 is 0 Å². The number of nitrogens with zero attached hydrogens (tertiary/aromatic N) is 1. The number of nitrogens with one attached hydrogen (secondary N) is 2. The number of carbonyl (C=O) groups is 3. The fourth-order valence-electron chi connectivity index (χ4n) is 5.30. The Morgan fingerprint density at radius 3 is 2.43 bits per heavy atom. The minimum atomic E-state index is -0.550. The van der Waals surface area contributed by atoms with Crippen LogP contribution in [0.5, 0.6) is 0 Å². The number of ether oxygens (including phenoxy) is 3. The first kappa shape index (κ1) is 36.1. The number of amides is 3. The average molecular weight is 594 g/mol. The fraction of sp³-hybridized carbons (Fsp3) is 0.848. The molecule has 0 spiro atoms. The summed E-state index contributed by atoms with van der Waals surface area (Å²) in [6, 6.07) is 0. The van der Waals surface area contributed by atoms with Crippen molar-refractivity contribution in [1.82, 2.24) is 15.5 Å². The minimum absolute atomic E-state index is 0.0161. The van der Waals surface area contributed by atoms with Gasteiger partial charge in [0.1, 0.15) is 6.10 Å². The maximum atomic E-state index is 12.8. The second-order valence-electron chi connectivity index (χ2n) is 13.4. The molecule has 0 radical (unpaired) electrons. The topological polar surface area (TPSA) is 106 Å². The maximum Gasteiger partial charge on any atom is 0.407 e. The van der Waals surface area contributed by atoms with Crippen LogP contribution in [0.25, 0.3) is 0 Å². The Balaban J connectivity index is 1.53. The molecule has 0 aromatic heterocycles. The highest BCUT2D eigenvalue weighted by Crippen LogP contribution is 2.23.